The Morgan fingerprint density at radius 2 is 2.00 bits per heavy atom. The number of hydrogen-bond acceptors (Lipinski definition) is 3. The first kappa shape index (κ1) is 15.8. The van der Waals surface area contributed by atoms with E-state index in [0.29, 0.717) is 17.7 Å². The highest BCUT2D eigenvalue weighted by atomic mass is 79.9. The van der Waals surface area contributed by atoms with Crippen LogP contribution in [0.5, 0.6) is 0 Å². The van der Waals surface area contributed by atoms with Crippen molar-refractivity contribution in [3.8, 4) is 0 Å². The first-order valence-electron chi connectivity index (χ1n) is 5.96. The first-order valence-corrected chi connectivity index (χ1v) is 7.54. The highest BCUT2D eigenvalue weighted by molar-refractivity contribution is 9.11. The molecule has 0 saturated carbocycles. The second kappa shape index (κ2) is 6.91. The minimum atomic E-state index is -0.439. The zero-order valence-corrected chi connectivity index (χ0v) is 13.9. The van der Waals surface area contributed by atoms with E-state index in [1.165, 1.54) is 12.1 Å². The molecule has 0 unspecified atom stereocenters. The molecule has 0 aliphatic rings. The molecule has 2 rings (SSSR count). The molecule has 4 nitrogen and oxygen atoms in total. The topological polar surface area (TPSA) is 70.6 Å². The smallest absolute Gasteiger partial charge is 0.170 e. The number of nitrogens with one attached hydrogen (secondary N) is 1. The third-order valence-electron chi connectivity index (χ3n) is 2.78. The van der Waals surface area contributed by atoms with Crippen molar-refractivity contribution in [2.75, 3.05) is 5.32 Å². The Morgan fingerprint density at radius 1 is 1.24 bits per heavy atom. The molecule has 0 bridgehead atoms. The maximum absolute atomic E-state index is 13.5. The fourth-order valence-electron chi connectivity index (χ4n) is 1.79. The number of rotatable bonds is 4. The van der Waals surface area contributed by atoms with E-state index in [0.717, 1.165) is 14.6 Å². The van der Waals surface area contributed by atoms with Crippen LogP contribution in [0.2, 0.25) is 0 Å². The number of benzene rings is 2. The second-order valence-electron chi connectivity index (χ2n) is 4.31. The van der Waals surface area contributed by atoms with Crippen LogP contribution in [0.4, 0.5) is 10.1 Å². The first-order chi connectivity index (χ1) is 9.99. The zero-order valence-electron chi connectivity index (χ0n) is 10.8. The second-order valence-corrected chi connectivity index (χ2v) is 6.08. The van der Waals surface area contributed by atoms with Gasteiger partial charge in [-0.25, -0.2) is 4.39 Å². The predicted octanol–water partition coefficient (Wildman–Crippen LogP) is 4.06. The summed E-state index contributed by atoms with van der Waals surface area (Å²) in [4.78, 5) is 0. The SMILES string of the molecule is N/C(=N/O)c1cc(F)cc(CNc2ccc(Br)cc2Br)c1. The van der Waals surface area contributed by atoms with Crippen molar-refractivity contribution in [3.05, 3.63) is 62.3 Å². The van der Waals surface area contributed by atoms with Crippen LogP contribution < -0.4 is 11.1 Å². The van der Waals surface area contributed by atoms with Gasteiger partial charge in [-0.05, 0) is 57.9 Å². The van der Waals surface area contributed by atoms with Gasteiger partial charge in [-0.3, -0.25) is 0 Å². The Hall–Kier alpha value is -1.60. The summed E-state index contributed by atoms with van der Waals surface area (Å²) < 4.78 is 15.4. The lowest BCUT2D eigenvalue weighted by molar-refractivity contribution is 0.318. The van der Waals surface area contributed by atoms with E-state index in [9.17, 15) is 4.39 Å². The van der Waals surface area contributed by atoms with Crippen LogP contribution in [0.25, 0.3) is 0 Å². The van der Waals surface area contributed by atoms with Gasteiger partial charge in [0.2, 0.25) is 0 Å². The van der Waals surface area contributed by atoms with E-state index in [1.807, 2.05) is 18.2 Å². The third kappa shape index (κ3) is 4.18. The van der Waals surface area contributed by atoms with E-state index < -0.39 is 5.82 Å². The Bertz CT molecular complexity index is 692. The Labute approximate surface area is 138 Å². The van der Waals surface area contributed by atoms with Gasteiger partial charge in [0.15, 0.2) is 5.84 Å². The van der Waals surface area contributed by atoms with Crippen LogP contribution in [-0.4, -0.2) is 11.0 Å². The molecular formula is C14H12Br2FN3O. The van der Waals surface area contributed by atoms with Gasteiger partial charge in [0, 0.05) is 26.7 Å². The monoisotopic (exact) mass is 415 g/mol. The lowest BCUT2D eigenvalue weighted by Gasteiger charge is -2.10. The van der Waals surface area contributed by atoms with Gasteiger partial charge in [-0.2, -0.15) is 0 Å². The number of oxime groups is 1. The molecule has 0 heterocycles. The molecule has 7 heteroatoms. The number of hydrogen-bond donors (Lipinski definition) is 3. The molecule has 4 N–H and O–H groups in total. The summed E-state index contributed by atoms with van der Waals surface area (Å²) in [5.41, 5.74) is 7.39. The minimum absolute atomic E-state index is 0.124. The van der Waals surface area contributed by atoms with Crippen molar-refractivity contribution in [3.63, 3.8) is 0 Å². The van der Waals surface area contributed by atoms with Gasteiger partial charge in [0.05, 0.1) is 0 Å². The maximum atomic E-state index is 13.5. The molecule has 0 atom stereocenters. The number of halogens is 3. The molecule has 0 saturated heterocycles. The average Bonchev–Trinajstić information content (AvgIpc) is 2.45. The van der Waals surface area contributed by atoms with Crippen LogP contribution in [0.15, 0.2) is 50.5 Å². The van der Waals surface area contributed by atoms with Crippen LogP contribution >= 0.6 is 31.9 Å². The van der Waals surface area contributed by atoms with E-state index >= 15 is 0 Å². The van der Waals surface area contributed by atoms with Gasteiger partial charge in [-0.15, -0.1) is 0 Å². The minimum Gasteiger partial charge on any atom is -0.409 e. The van der Waals surface area contributed by atoms with Crippen molar-refractivity contribution in [2.24, 2.45) is 10.9 Å². The van der Waals surface area contributed by atoms with Gasteiger partial charge in [0.1, 0.15) is 5.82 Å². The fraction of sp³-hybridized carbons (Fsp3) is 0.0714. The molecule has 0 aliphatic heterocycles. The van der Waals surface area contributed by atoms with Gasteiger partial charge in [-0.1, -0.05) is 21.1 Å². The predicted molar refractivity (Wildman–Crippen MR) is 88.1 cm³/mol. The van der Waals surface area contributed by atoms with E-state index in [-0.39, 0.29) is 5.84 Å². The summed E-state index contributed by atoms with van der Waals surface area (Å²) in [7, 11) is 0. The maximum Gasteiger partial charge on any atom is 0.170 e. The Balaban J connectivity index is 2.18. The standard InChI is InChI=1S/C14H12Br2FN3O/c15-10-1-2-13(12(16)6-10)19-7-8-3-9(14(18)20-21)5-11(17)4-8/h1-6,19,21H,7H2,(H2,18,20). The third-order valence-corrected chi connectivity index (χ3v) is 3.92. The van der Waals surface area contributed by atoms with Crippen molar-refractivity contribution in [2.45, 2.75) is 6.54 Å². The number of nitrogens with two attached hydrogens (primary N) is 1. The Morgan fingerprint density at radius 3 is 2.67 bits per heavy atom. The highest BCUT2D eigenvalue weighted by Crippen LogP contribution is 2.26. The molecular weight excluding hydrogens is 405 g/mol. The summed E-state index contributed by atoms with van der Waals surface area (Å²) in [5.74, 6) is -0.564. The molecule has 0 fully saturated rings. The van der Waals surface area contributed by atoms with Gasteiger partial charge in [0.25, 0.3) is 0 Å². The van der Waals surface area contributed by atoms with Crippen molar-refractivity contribution in [1.29, 1.82) is 0 Å². The molecule has 110 valence electrons. The van der Waals surface area contributed by atoms with E-state index in [2.05, 4.69) is 42.3 Å². The molecule has 2 aromatic carbocycles. The summed E-state index contributed by atoms with van der Waals surface area (Å²) in [6.45, 7) is 0.406. The molecule has 0 spiro atoms. The van der Waals surface area contributed by atoms with E-state index in [4.69, 9.17) is 10.9 Å². The van der Waals surface area contributed by atoms with E-state index in [1.54, 1.807) is 6.07 Å². The molecule has 0 amide bonds. The zero-order chi connectivity index (χ0) is 15.4. The van der Waals surface area contributed by atoms with Crippen LogP contribution in [0.3, 0.4) is 0 Å². The average molecular weight is 417 g/mol. The number of anilines is 1. The molecule has 0 aromatic heterocycles. The lowest BCUT2D eigenvalue weighted by Crippen LogP contribution is -2.14. The largest absolute Gasteiger partial charge is 0.409 e. The van der Waals surface area contributed by atoms with Crippen molar-refractivity contribution >= 4 is 43.4 Å². The van der Waals surface area contributed by atoms with Crippen LogP contribution in [0, 0.1) is 5.82 Å². The van der Waals surface area contributed by atoms with Crippen LogP contribution in [-0.2, 0) is 6.54 Å². The van der Waals surface area contributed by atoms with Crippen molar-refractivity contribution in [1.82, 2.24) is 0 Å². The molecule has 2 aromatic rings. The number of nitrogens with zero attached hydrogens (tertiary/aromatic N) is 1. The quantitative estimate of drug-likeness (QED) is 0.304. The Kier molecular flexibility index (Phi) is 5.19. The van der Waals surface area contributed by atoms with Crippen molar-refractivity contribution < 1.29 is 9.60 Å². The number of amidine groups is 1. The van der Waals surface area contributed by atoms with Gasteiger partial charge < -0.3 is 16.3 Å². The summed E-state index contributed by atoms with van der Waals surface area (Å²) in [6, 6.07) is 9.99. The summed E-state index contributed by atoms with van der Waals surface area (Å²) in [6.07, 6.45) is 0. The van der Waals surface area contributed by atoms with Gasteiger partial charge >= 0.3 is 0 Å². The lowest BCUT2D eigenvalue weighted by atomic mass is 10.1. The fourth-order valence-corrected chi connectivity index (χ4v) is 2.98. The molecule has 0 aliphatic carbocycles. The van der Waals surface area contributed by atoms with Crippen LogP contribution in [0.1, 0.15) is 11.1 Å². The summed E-state index contributed by atoms with van der Waals surface area (Å²) >= 11 is 6.82. The normalized spacial score (nSPS) is 11.5. The summed E-state index contributed by atoms with van der Waals surface area (Å²) in [5, 5.41) is 14.7. The molecule has 21 heavy (non-hydrogen) atoms. The molecule has 0 radical (unpaired) electrons. The highest BCUT2D eigenvalue weighted by Gasteiger charge is 2.06.